The molecular weight excluding hydrogens is 751 g/mol. The largest absolute Gasteiger partial charge is 0.473 e. The predicted octanol–water partition coefficient (Wildman–Crippen LogP) is 4.28. The average Bonchev–Trinajstić information content (AvgIpc) is 3.98. The van der Waals surface area contributed by atoms with Crippen LogP contribution in [0.15, 0.2) is 53.9 Å². The van der Waals surface area contributed by atoms with Gasteiger partial charge in [-0.2, -0.15) is 0 Å². The number of hydrogen-bond donors (Lipinski definition) is 4. The first kappa shape index (κ1) is 39.2. The molecule has 8 rings (SSSR count). The highest BCUT2D eigenvalue weighted by atomic mass is 32.2. The Hall–Kier alpha value is -4.66. The Labute approximate surface area is 332 Å². The van der Waals surface area contributed by atoms with Gasteiger partial charge in [0.05, 0.1) is 22.9 Å². The Balaban J connectivity index is 1.14. The van der Waals surface area contributed by atoms with Crippen molar-refractivity contribution in [3.8, 4) is 5.88 Å². The van der Waals surface area contributed by atoms with Crippen molar-refractivity contribution >= 4 is 44.7 Å². The van der Waals surface area contributed by atoms with Crippen LogP contribution in [0.1, 0.15) is 95.5 Å². The third-order valence-corrected chi connectivity index (χ3v) is 14.9. The van der Waals surface area contributed by atoms with Gasteiger partial charge in [0.25, 0.3) is 5.91 Å². The Morgan fingerprint density at radius 3 is 2.44 bits per heavy atom. The molecule has 6 aliphatic rings. The van der Waals surface area contributed by atoms with Crippen LogP contribution in [0.5, 0.6) is 5.88 Å². The zero-order chi connectivity index (χ0) is 39.9. The van der Waals surface area contributed by atoms with Gasteiger partial charge in [0.2, 0.25) is 21.8 Å². The number of alkyl carbamates (subject to hydrolysis) is 1. The highest BCUT2D eigenvalue weighted by Crippen LogP contribution is 2.46. The third kappa shape index (κ3) is 8.08. The van der Waals surface area contributed by atoms with Gasteiger partial charge in [-0.15, -0.1) is 6.58 Å². The lowest BCUT2D eigenvalue weighted by Crippen LogP contribution is -2.59. The average molecular weight is 804 g/mol. The van der Waals surface area contributed by atoms with Gasteiger partial charge in [-0.1, -0.05) is 43.2 Å². The number of hydrogen-bond acceptors (Lipinski definition) is 9. The van der Waals surface area contributed by atoms with Crippen molar-refractivity contribution in [1.29, 1.82) is 0 Å². The van der Waals surface area contributed by atoms with Gasteiger partial charge in [0, 0.05) is 17.7 Å². The molecule has 0 radical (unpaired) electrons. The molecule has 2 bridgehead atoms. The van der Waals surface area contributed by atoms with Crippen LogP contribution >= 0.6 is 0 Å². The molecule has 7 unspecified atom stereocenters. The number of nitrogens with one attached hydrogen (secondary N) is 4. The van der Waals surface area contributed by atoms with E-state index < -0.39 is 68.7 Å². The van der Waals surface area contributed by atoms with Crippen molar-refractivity contribution in [2.45, 2.75) is 131 Å². The van der Waals surface area contributed by atoms with Gasteiger partial charge in [-0.05, 0) is 101 Å². The maximum atomic E-state index is 14.9. The molecule has 4 saturated carbocycles. The molecular formula is C42H53N5O9S. The molecule has 4 amide bonds. The van der Waals surface area contributed by atoms with E-state index in [0.29, 0.717) is 48.6 Å². The Morgan fingerprint density at radius 1 is 0.930 bits per heavy atom. The van der Waals surface area contributed by atoms with E-state index in [1.165, 1.54) is 11.0 Å². The summed E-state index contributed by atoms with van der Waals surface area (Å²) in [6, 6.07) is 5.05. The number of allylic oxidation sites excluding steroid dienone is 2. The SMILES string of the molecule is C=CC1CC1(NC(=O)C1CC2CN1C(=O)C(C1CCCC1)NC(=O)OC1CCCC1CCCC=CCc1c([nH]c3ccccc3c1=O)O2)C(=O)NS(=O)(=O)C1CC1. The van der Waals surface area contributed by atoms with Crippen molar-refractivity contribution < 1.29 is 37.1 Å². The zero-order valence-corrected chi connectivity index (χ0v) is 33.0. The molecule has 14 nitrogen and oxygen atoms in total. The fraction of sp³-hybridized carbons (Fsp3) is 0.595. The lowest BCUT2D eigenvalue weighted by atomic mass is 9.96. The number of aromatic nitrogens is 1. The van der Waals surface area contributed by atoms with Crippen LogP contribution < -0.4 is 25.5 Å². The lowest BCUT2D eigenvalue weighted by molar-refractivity contribution is -0.142. The molecule has 0 spiro atoms. The Bertz CT molecular complexity index is 2130. The van der Waals surface area contributed by atoms with Gasteiger partial charge in [0.1, 0.15) is 29.8 Å². The normalized spacial score (nSPS) is 31.1. The molecule has 57 heavy (non-hydrogen) atoms. The number of aromatic amines is 1. The van der Waals surface area contributed by atoms with E-state index in [-0.39, 0.29) is 48.6 Å². The first-order valence-corrected chi connectivity index (χ1v) is 22.3. The number of carbonyl (C=O) groups excluding carboxylic acids is 4. The molecule has 1 saturated heterocycles. The molecule has 3 heterocycles. The number of nitrogens with zero attached hydrogens (tertiary/aromatic N) is 1. The van der Waals surface area contributed by atoms with Crippen molar-refractivity contribution in [2.75, 3.05) is 6.54 Å². The van der Waals surface area contributed by atoms with E-state index in [2.05, 4.69) is 33.0 Å². The molecule has 15 heteroatoms. The van der Waals surface area contributed by atoms with Crippen molar-refractivity contribution in [1.82, 2.24) is 25.2 Å². The number of carbonyl (C=O) groups is 4. The maximum absolute atomic E-state index is 14.9. The number of benzene rings is 1. The van der Waals surface area contributed by atoms with Gasteiger partial charge in [-0.25, -0.2) is 13.2 Å². The minimum absolute atomic E-state index is 0.00409. The summed E-state index contributed by atoms with van der Waals surface area (Å²) in [6.07, 6.45) is 13.6. The van der Waals surface area contributed by atoms with E-state index in [0.717, 1.165) is 51.4 Å². The van der Waals surface area contributed by atoms with E-state index in [9.17, 15) is 32.4 Å². The van der Waals surface area contributed by atoms with E-state index in [1.807, 2.05) is 12.1 Å². The summed E-state index contributed by atoms with van der Waals surface area (Å²) in [4.78, 5) is 75.3. The van der Waals surface area contributed by atoms with Crippen LogP contribution in [0.4, 0.5) is 4.79 Å². The molecule has 7 atom stereocenters. The molecule has 2 aromatic rings. The first-order chi connectivity index (χ1) is 27.5. The minimum atomic E-state index is -3.91. The molecule has 306 valence electrons. The summed E-state index contributed by atoms with van der Waals surface area (Å²) < 4.78 is 40.4. The third-order valence-electron chi connectivity index (χ3n) is 13.0. The zero-order valence-electron chi connectivity index (χ0n) is 32.2. The summed E-state index contributed by atoms with van der Waals surface area (Å²) in [6.45, 7) is 3.75. The van der Waals surface area contributed by atoms with Crippen LogP contribution in [0.25, 0.3) is 10.9 Å². The van der Waals surface area contributed by atoms with Gasteiger partial charge in [-0.3, -0.25) is 23.9 Å². The first-order valence-electron chi connectivity index (χ1n) is 20.7. The highest BCUT2D eigenvalue weighted by molar-refractivity contribution is 7.91. The van der Waals surface area contributed by atoms with Crippen LogP contribution in [-0.2, 0) is 35.6 Å². The van der Waals surface area contributed by atoms with E-state index in [1.54, 1.807) is 18.2 Å². The summed E-state index contributed by atoms with van der Waals surface area (Å²) >= 11 is 0. The maximum Gasteiger partial charge on any atom is 0.408 e. The number of para-hydroxylation sites is 1. The molecule has 1 aromatic heterocycles. The summed E-state index contributed by atoms with van der Waals surface area (Å²) in [5.74, 6) is -2.22. The van der Waals surface area contributed by atoms with Gasteiger partial charge >= 0.3 is 6.09 Å². The topological polar surface area (TPSA) is 193 Å². The molecule has 4 N–H and O–H groups in total. The lowest BCUT2D eigenvalue weighted by Gasteiger charge is -2.32. The number of rotatable bonds is 7. The Morgan fingerprint density at radius 2 is 1.68 bits per heavy atom. The minimum Gasteiger partial charge on any atom is -0.473 e. The number of ether oxygens (including phenoxy) is 2. The van der Waals surface area contributed by atoms with Crippen LogP contribution in [0, 0.1) is 17.8 Å². The fourth-order valence-corrected chi connectivity index (χ4v) is 10.9. The quantitative estimate of drug-likeness (QED) is 0.296. The van der Waals surface area contributed by atoms with Crippen LogP contribution in [-0.4, -0.2) is 83.7 Å². The van der Waals surface area contributed by atoms with Crippen LogP contribution in [0.3, 0.4) is 0 Å². The van der Waals surface area contributed by atoms with Crippen molar-refractivity contribution in [2.24, 2.45) is 17.8 Å². The molecule has 5 fully saturated rings. The summed E-state index contributed by atoms with van der Waals surface area (Å²) in [5, 5.41) is 5.64. The Kier molecular flexibility index (Phi) is 11.0. The summed E-state index contributed by atoms with van der Waals surface area (Å²) in [5.41, 5.74) is -0.735. The van der Waals surface area contributed by atoms with Gasteiger partial charge < -0.3 is 30.0 Å². The number of pyridine rings is 1. The fourth-order valence-electron chi connectivity index (χ4n) is 9.55. The van der Waals surface area contributed by atoms with Crippen LogP contribution in [0.2, 0.25) is 0 Å². The van der Waals surface area contributed by atoms with E-state index in [4.69, 9.17) is 9.47 Å². The number of H-pyrrole nitrogens is 1. The molecule has 4 aliphatic carbocycles. The smallest absolute Gasteiger partial charge is 0.408 e. The van der Waals surface area contributed by atoms with Crippen molar-refractivity contribution in [3.05, 3.63) is 64.9 Å². The standard InChI is InChI=1S/C42H53N5O9S/c1-2-27-23-42(27,40(51)46-57(53,54)29-20-21-29)45-37(49)33-22-28-24-47(33)39(50)35(26-13-7-8-14-26)44-41(52)56-34-19-11-15-25(34)12-5-3-4-6-17-31-36(48)30-16-9-10-18-32(30)43-38(31)55-28/h2,4,6,9-10,16,18,25-29,33-35H,1,3,5,7-8,11-15,17,19-24H2,(H,43,48)(H,44,52)(H,45,49)(H,46,51). The molecule has 2 aliphatic heterocycles. The highest BCUT2D eigenvalue weighted by Gasteiger charge is 2.62. The second kappa shape index (κ2) is 15.9. The molecule has 1 aromatic carbocycles. The van der Waals surface area contributed by atoms with E-state index >= 15 is 0 Å². The second-order valence-electron chi connectivity index (χ2n) is 16.9. The predicted molar refractivity (Wildman–Crippen MR) is 212 cm³/mol. The monoisotopic (exact) mass is 803 g/mol. The second-order valence-corrected chi connectivity index (χ2v) is 18.8. The number of amides is 4. The van der Waals surface area contributed by atoms with Crippen molar-refractivity contribution in [3.63, 3.8) is 0 Å². The van der Waals surface area contributed by atoms with Gasteiger partial charge in [0.15, 0.2) is 11.3 Å². The number of sulfonamides is 1. The summed E-state index contributed by atoms with van der Waals surface area (Å²) in [7, 11) is -3.91. The number of fused-ring (bicyclic) bond motifs is 5.